The van der Waals surface area contributed by atoms with E-state index in [-0.39, 0.29) is 5.69 Å². The molecule has 0 saturated carbocycles. The van der Waals surface area contributed by atoms with Gasteiger partial charge in [-0.3, -0.25) is 0 Å². The van der Waals surface area contributed by atoms with Crippen molar-refractivity contribution in [2.24, 2.45) is 0 Å². The largest absolute Gasteiger partial charge is 0.418 e. The molecule has 4 aromatic rings. The lowest BCUT2D eigenvalue weighted by Crippen LogP contribution is -2.21. The normalized spacial score (nSPS) is 11.4. The van der Waals surface area contributed by atoms with Gasteiger partial charge in [0.25, 0.3) is 0 Å². The lowest BCUT2D eigenvalue weighted by atomic mass is 10.1. The number of hydrogen-bond donors (Lipinski definition) is 2. The minimum Gasteiger partial charge on any atom is -0.308 e. The van der Waals surface area contributed by atoms with E-state index in [1.54, 1.807) is 36.4 Å². The van der Waals surface area contributed by atoms with Gasteiger partial charge >= 0.3 is 12.2 Å². The summed E-state index contributed by atoms with van der Waals surface area (Å²) in [5, 5.41) is 16.8. The number of fused-ring (bicyclic) bond motifs is 1. The minimum atomic E-state index is -4.57. The van der Waals surface area contributed by atoms with Crippen molar-refractivity contribution in [2.75, 3.05) is 10.6 Å². The third-order valence-electron chi connectivity index (χ3n) is 4.06. The summed E-state index contributed by atoms with van der Waals surface area (Å²) in [6.45, 7) is 0. The lowest BCUT2D eigenvalue weighted by molar-refractivity contribution is -0.136. The van der Waals surface area contributed by atoms with Gasteiger partial charge in [0.2, 0.25) is 0 Å². The van der Waals surface area contributed by atoms with Crippen LogP contribution in [0.4, 0.5) is 29.3 Å². The van der Waals surface area contributed by atoms with E-state index in [1.165, 1.54) is 29.0 Å². The van der Waals surface area contributed by atoms with Crippen molar-refractivity contribution in [3.05, 3.63) is 72.6 Å². The molecule has 2 N–H and O–H groups in total. The third kappa shape index (κ3) is 4.00. The van der Waals surface area contributed by atoms with Gasteiger partial charge in [0, 0.05) is 11.3 Å². The maximum absolute atomic E-state index is 13.1. The van der Waals surface area contributed by atoms with Crippen molar-refractivity contribution < 1.29 is 18.0 Å². The molecule has 29 heavy (non-hydrogen) atoms. The summed E-state index contributed by atoms with van der Waals surface area (Å²) in [6.07, 6.45) is -3.11. The van der Waals surface area contributed by atoms with Crippen LogP contribution in [0.2, 0.25) is 0 Å². The van der Waals surface area contributed by atoms with E-state index < -0.39 is 17.8 Å². The first kappa shape index (κ1) is 18.4. The van der Waals surface area contributed by atoms with Crippen molar-refractivity contribution >= 4 is 23.1 Å². The van der Waals surface area contributed by atoms with Crippen molar-refractivity contribution in [1.29, 1.82) is 0 Å². The highest BCUT2D eigenvalue weighted by Crippen LogP contribution is 2.34. The van der Waals surface area contributed by atoms with Crippen molar-refractivity contribution in [3.63, 3.8) is 0 Å². The van der Waals surface area contributed by atoms with Gasteiger partial charge in [0.15, 0.2) is 5.65 Å². The second kappa shape index (κ2) is 7.23. The Morgan fingerprint density at radius 1 is 0.966 bits per heavy atom. The van der Waals surface area contributed by atoms with Crippen LogP contribution in [0.3, 0.4) is 0 Å². The van der Waals surface area contributed by atoms with Crippen molar-refractivity contribution in [3.8, 4) is 11.3 Å². The Balaban J connectivity index is 1.53. The molecule has 0 saturated heterocycles. The standard InChI is InChI=1S/C19H13F3N6O/c20-19(21,22)14-6-1-2-7-16(14)25-18(29)24-13-5-3-4-12(10-13)15-8-9-17-26-23-11-28(17)27-15/h1-11H,(H2,24,25,29). The fraction of sp³-hybridized carbons (Fsp3) is 0.0526. The van der Waals surface area contributed by atoms with Crippen molar-refractivity contribution in [1.82, 2.24) is 19.8 Å². The molecule has 146 valence electrons. The summed E-state index contributed by atoms with van der Waals surface area (Å²) in [5.41, 5.74) is 1.06. The summed E-state index contributed by atoms with van der Waals surface area (Å²) in [5.74, 6) is 0. The summed E-state index contributed by atoms with van der Waals surface area (Å²) in [6, 6.07) is 14.3. The molecule has 0 bridgehead atoms. The third-order valence-corrected chi connectivity index (χ3v) is 4.06. The van der Waals surface area contributed by atoms with Gasteiger partial charge in [-0.1, -0.05) is 24.3 Å². The Hall–Kier alpha value is -3.95. The van der Waals surface area contributed by atoms with Crippen LogP contribution in [0.5, 0.6) is 0 Å². The molecule has 0 fully saturated rings. The van der Waals surface area contributed by atoms with Crippen LogP contribution < -0.4 is 10.6 Å². The van der Waals surface area contributed by atoms with Crippen LogP contribution in [-0.2, 0) is 6.18 Å². The SMILES string of the molecule is O=C(Nc1cccc(-c2ccc3nncn3n2)c1)Nc1ccccc1C(F)(F)F. The maximum atomic E-state index is 13.1. The molecule has 2 aromatic carbocycles. The summed E-state index contributed by atoms with van der Waals surface area (Å²) < 4.78 is 40.7. The molecule has 0 aliphatic heterocycles. The molecule has 0 aliphatic carbocycles. The Labute approximate surface area is 162 Å². The van der Waals surface area contributed by atoms with E-state index in [1.807, 2.05) is 0 Å². The zero-order valence-corrected chi connectivity index (χ0v) is 14.7. The molecule has 0 spiro atoms. The molecule has 7 nitrogen and oxygen atoms in total. The van der Waals surface area contributed by atoms with Crippen LogP contribution in [0.15, 0.2) is 67.0 Å². The molecular formula is C19H13F3N6O. The van der Waals surface area contributed by atoms with Gasteiger partial charge in [-0.2, -0.15) is 22.8 Å². The van der Waals surface area contributed by atoms with Crippen LogP contribution in [0, 0.1) is 0 Å². The van der Waals surface area contributed by atoms with E-state index in [2.05, 4.69) is 25.9 Å². The quantitative estimate of drug-likeness (QED) is 0.534. The zero-order chi connectivity index (χ0) is 20.4. The Bertz CT molecular complexity index is 1190. The topological polar surface area (TPSA) is 84.2 Å². The number of hydrogen-bond acceptors (Lipinski definition) is 4. The second-order valence-corrected chi connectivity index (χ2v) is 6.06. The maximum Gasteiger partial charge on any atom is 0.418 e. The molecule has 0 atom stereocenters. The Morgan fingerprint density at radius 2 is 1.79 bits per heavy atom. The molecule has 2 heterocycles. The van der Waals surface area contributed by atoms with E-state index >= 15 is 0 Å². The number of amides is 2. The minimum absolute atomic E-state index is 0.326. The number of halogens is 3. The number of carbonyl (C=O) groups excluding carboxylic acids is 1. The van der Waals surface area contributed by atoms with Crippen molar-refractivity contribution in [2.45, 2.75) is 6.18 Å². The van der Waals surface area contributed by atoms with Gasteiger partial charge in [0.1, 0.15) is 6.33 Å². The Kier molecular flexibility index (Phi) is 4.59. The number of alkyl halides is 3. The smallest absolute Gasteiger partial charge is 0.308 e. The molecule has 10 heteroatoms. The van der Waals surface area contributed by atoms with Crippen LogP contribution >= 0.6 is 0 Å². The van der Waals surface area contributed by atoms with Crippen LogP contribution in [0.1, 0.15) is 5.56 Å². The number of urea groups is 1. The molecule has 0 aliphatic rings. The zero-order valence-electron chi connectivity index (χ0n) is 14.7. The fourth-order valence-electron chi connectivity index (χ4n) is 2.76. The molecule has 0 unspecified atom stereocenters. The van der Waals surface area contributed by atoms with E-state index in [0.29, 0.717) is 22.6 Å². The summed E-state index contributed by atoms with van der Waals surface area (Å²) in [7, 11) is 0. The van der Waals surface area contributed by atoms with E-state index in [4.69, 9.17) is 0 Å². The number of anilines is 2. The van der Waals surface area contributed by atoms with Gasteiger partial charge in [-0.05, 0) is 36.4 Å². The average Bonchev–Trinajstić information content (AvgIpc) is 3.15. The highest BCUT2D eigenvalue weighted by atomic mass is 19.4. The first-order valence-corrected chi connectivity index (χ1v) is 8.42. The summed E-state index contributed by atoms with van der Waals surface area (Å²) in [4.78, 5) is 12.2. The number of aromatic nitrogens is 4. The predicted octanol–water partition coefficient (Wildman–Crippen LogP) is 4.45. The molecule has 2 amide bonds. The van der Waals surface area contributed by atoms with E-state index in [0.717, 1.165) is 6.07 Å². The van der Waals surface area contributed by atoms with Gasteiger partial charge in [0.05, 0.1) is 16.9 Å². The average molecular weight is 398 g/mol. The highest BCUT2D eigenvalue weighted by Gasteiger charge is 2.33. The fourth-order valence-corrected chi connectivity index (χ4v) is 2.76. The van der Waals surface area contributed by atoms with Gasteiger partial charge in [-0.15, -0.1) is 10.2 Å². The molecular weight excluding hydrogens is 385 g/mol. The molecule has 0 radical (unpaired) electrons. The van der Waals surface area contributed by atoms with Crippen LogP contribution in [0.25, 0.3) is 16.9 Å². The highest BCUT2D eigenvalue weighted by molar-refractivity contribution is 6.00. The number of benzene rings is 2. The monoisotopic (exact) mass is 398 g/mol. The predicted molar refractivity (Wildman–Crippen MR) is 100 cm³/mol. The van der Waals surface area contributed by atoms with E-state index in [9.17, 15) is 18.0 Å². The Morgan fingerprint density at radius 3 is 2.62 bits per heavy atom. The van der Waals surface area contributed by atoms with Gasteiger partial charge < -0.3 is 10.6 Å². The first-order chi connectivity index (χ1) is 13.9. The summed E-state index contributed by atoms with van der Waals surface area (Å²) >= 11 is 0. The number of para-hydroxylation sites is 1. The number of carbonyl (C=O) groups is 1. The number of rotatable bonds is 3. The molecule has 2 aromatic heterocycles. The van der Waals surface area contributed by atoms with Crippen LogP contribution in [-0.4, -0.2) is 25.8 Å². The lowest BCUT2D eigenvalue weighted by Gasteiger charge is -2.14. The number of nitrogens with one attached hydrogen (secondary N) is 2. The molecule has 4 rings (SSSR count). The first-order valence-electron chi connectivity index (χ1n) is 8.42. The number of nitrogens with zero attached hydrogens (tertiary/aromatic N) is 4. The van der Waals surface area contributed by atoms with Gasteiger partial charge in [-0.25, -0.2) is 4.79 Å². The second-order valence-electron chi connectivity index (χ2n) is 6.06.